The monoisotopic (exact) mass is 473 g/mol. The summed E-state index contributed by atoms with van der Waals surface area (Å²) in [5.74, 6) is 0.536. The van der Waals surface area contributed by atoms with Crippen molar-refractivity contribution in [3.8, 4) is 11.8 Å². The van der Waals surface area contributed by atoms with Gasteiger partial charge in [-0.1, -0.05) is 12.1 Å². The van der Waals surface area contributed by atoms with Crippen LogP contribution in [0.25, 0.3) is 0 Å². The Morgan fingerprint density at radius 3 is 2.74 bits per heavy atom. The maximum absolute atomic E-state index is 13.4. The molecule has 2 saturated heterocycles. The number of rotatable bonds is 5. The number of nitriles is 1. The zero-order valence-corrected chi connectivity index (χ0v) is 18.8. The standard InChI is InChI=1S/C25H26F3N3O3/c1-34-21-4-2-3-17(9-21)10-23(33)31-14-19-13-30(8-7-24(19,15-31)16-32)20-6-5-18(12-29)22(11-20)25(26,27)28/h2-6,9,11,19,32H,7-8,10,13-16H2,1H3/t19-,24+/m1/s1. The van der Waals surface area contributed by atoms with Crippen molar-refractivity contribution in [1.82, 2.24) is 4.90 Å². The van der Waals surface area contributed by atoms with E-state index in [0.29, 0.717) is 44.0 Å². The van der Waals surface area contributed by atoms with Crippen molar-refractivity contribution in [2.24, 2.45) is 11.3 Å². The lowest BCUT2D eigenvalue weighted by Gasteiger charge is -2.43. The van der Waals surface area contributed by atoms with Crippen molar-refractivity contribution in [2.45, 2.75) is 19.0 Å². The van der Waals surface area contributed by atoms with Crippen molar-refractivity contribution < 1.29 is 27.8 Å². The zero-order valence-electron chi connectivity index (χ0n) is 18.8. The Bertz CT molecular complexity index is 1110. The Balaban J connectivity index is 1.50. The largest absolute Gasteiger partial charge is 0.497 e. The van der Waals surface area contributed by atoms with Crippen molar-refractivity contribution in [3.63, 3.8) is 0 Å². The number of methoxy groups -OCH3 is 1. The Kier molecular flexibility index (Phi) is 6.45. The van der Waals surface area contributed by atoms with E-state index in [9.17, 15) is 23.1 Å². The number of nitrogens with zero attached hydrogens (tertiary/aromatic N) is 3. The van der Waals surface area contributed by atoms with E-state index in [1.54, 1.807) is 24.1 Å². The Morgan fingerprint density at radius 1 is 1.26 bits per heavy atom. The maximum Gasteiger partial charge on any atom is 0.417 e. The molecular formula is C25H26F3N3O3. The summed E-state index contributed by atoms with van der Waals surface area (Å²) in [6, 6.07) is 12.7. The molecule has 2 aromatic rings. The maximum atomic E-state index is 13.4. The molecule has 2 heterocycles. The average Bonchev–Trinajstić information content (AvgIpc) is 3.23. The highest BCUT2D eigenvalue weighted by Gasteiger charge is 2.50. The van der Waals surface area contributed by atoms with E-state index in [-0.39, 0.29) is 24.9 Å². The summed E-state index contributed by atoms with van der Waals surface area (Å²) in [6.45, 7) is 1.65. The molecule has 2 aromatic carbocycles. The van der Waals surface area contributed by atoms with Crippen LogP contribution in [0, 0.1) is 22.7 Å². The summed E-state index contributed by atoms with van der Waals surface area (Å²) in [5, 5.41) is 19.3. The van der Waals surface area contributed by atoms with Gasteiger partial charge in [0.05, 0.1) is 37.3 Å². The molecule has 2 aliphatic heterocycles. The van der Waals surface area contributed by atoms with Crippen LogP contribution in [-0.2, 0) is 17.4 Å². The fourth-order valence-corrected chi connectivity index (χ4v) is 5.10. The van der Waals surface area contributed by atoms with Gasteiger partial charge in [0.1, 0.15) is 5.75 Å². The number of anilines is 1. The molecule has 0 spiro atoms. The van der Waals surface area contributed by atoms with Gasteiger partial charge in [-0.05, 0) is 42.3 Å². The lowest BCUT2D eigenvalue weighted by molar-refractivity contribution is -0.137. The molecule has 6 nitrogen and oxygen atoms in total. The van der Waals surface area contributed by atoms with Crippen molar-refractivity contribution in [2.75, 3.05) is 44.8 Å². The van der Waals surface area contributed by atoms with Gasteiger partial charge in [0.15, 0.2) is 0 Å². The van der Waals surface area contributed by atoms with Crippen LogP contribution >= 0.6 is 0 Å². The second-order valence-electron chi connectivity index (χ2n) is 9.06. The number of alkyl halides is 3. The molecule has 0 bridgehead atoms. The van der Waals surface area contributed by atoms with Crippen LogP contribution in [0.4, 0.5) is 18.9 Å². The van der Waals surface area contributed by atoms with Gasteiger partial charge in [0.25, 0.3) is 0 Å². The molecular weight excluding hydrogens is 447 g/mol. The number of carbonyl (C=O) groups is 1. The number of hydrogen-bond acceptors (Lipinski definition) is 5. The number of aliphatic hydroxyl groups is 1. The van der Waals surface area contributed by atoms with Crippen LogP contribution in [0.5, 0.6) is 5.75 Å². The highest BCUT2D eigenvalue weighted by Crippen LogP contribution is 2.44. The lowest BCUT2D eigenvalue weighted by Crippen LogP contribution is -2.49. The molecule has 0 aliphatic carbocycles. The number of halogens is 3. The van der Waals surface area contributed by atoms with Crippen LogP contribution in [0.15, 0.2) is 42.5 Å². The van der Waals surface area contributed by atoms with E-state index >= 15 is 0 Å². The van der Waals surface area contributed by atoms with Gasteiger partial charge in [-0.25, -0.2) is 0 Å². The SMILES string of the molecule is COc1cccc(CC(=O)N2C[C@H]3CN(c4ccc(C#N)c(C(F)(F)F)c4)CC[C@@]3(CO)C2)c1. The molecule has 34 heavy (non-hydrogen) atoms. The highest BCUT2D eigenvalue weighted by molar-refractivity contribution is 5.79. The van der Waals surface area contributed by atoms with Crippen LogP contribution in [0.3, 0.4) is 0 Å². The van der Waals surface area contributed by atoms with Crippen LogP contribution in [0.1, 0.15) is 23.1 Å². The van der Waals surface area contributed by atoms with Gasteiger partial charge < -0.3 is 19.6 Å². The summed E-state index contributed by atoms with van der Waals surface area (Å²) < 4.78 is 45.5. The smallest absolute Gasteiger partial charge is 0.417 e. The first kappa shape index (κ1) is 23.9. The van der Waals surface area contributed by atoms with Gasteiger partial charge in [-0.15, -0.1) is 0 Å². The molecule has 4 rings (SSSR count). The van der Waals surface area contributed by atoms with Gasteiger partial charge in [0, 0.05) is 43.2 Å². The van der Waals surface area contributed by atoms with E-state index < -0.39 is 22.7 Å². The molecule has 0 unspecified atom stereocenters. The third-order valence-electron chi connectivity index (χ3n) is 7.08. The zero-order chi connectivity index (χ0) is 24.5. The molecule has 1 N–H and O–H groups in total. The van der Waals surface area contributed by atoms with E-state index in [2.05, 4.69) is 0 Å². The quantitative estimate of drug-likeness (QED) is 0.720. The van der Waals surface area contributed by atoms with Crippen LogP contribution in [0.2, 0.25) is 0 Å². The molecule has 2 fully saturated rings. The number of amides is 1. The van der Waals surface area contributed by atoms with Crippen molar-refractivity contribution >= 4 is 11.6 Å². The topological polar surface area (TPSA) is 76.8 Å². The summed E-state index contributed by atoms with van der Waals surface area (Å²) in [6.07, 6.45) is -3.86. The highest BCUT2D eigenvalue weighted by atomic mass is 19.4. The number of ether oxygens (including phenoxy) is 1. The second kappa shape index (κ2) is 9.18. The van der Waals surface area contributed by atoms with Crippen LogP contribution < -0.4 is 9.64 Å². The number of aliphatic hydroxyl groups excluding tert-OH is 1. The fraction of sp³-hybridized carbons (Fsp3) is 0.440. The third kappa shape index (κ3) is 4.55. The summed E-state index contributed by atoms with van der Waals surface area (Å²) in [5.41, 5.74) is -0.615. The van der Waals surface area contributed by atoms with E-state index in [1.165, 1.54) is 12.1 Å². The molecule has 0 saturated carbocycles. The predicted octanol–water partition coefficient (Wildman–Crippen LogP) is 3.48. The first-order chi connectivity index (χ1) is 16.2. The predicted molar refractivity (Wildman–Crippen MR) is 119 cm³/mol. The first-order valence-corrected chi connectivity index (χ1v) is 11.1. The Morgan fingerprint density at radius 2 is 2.06 bits per heavy atom. The van der Waals surface area contributed by atoms with Gasteiger partial charge in [-0.2, -0.15) is 18.4 Å². The Labute approximate surface area is 196 Å². The van der Waals surface area contributed by atoms with Crippen LogP contribution in [-0.4, -0.2) is 55.8 Å². The van der Waals surface area contributed by atoms with E-state index in [4.69, 9.17) is 10.00 Å². The molecule has 2 atom stereocenters. The number of likely N-dealkylation sites (tertiary alicyclic amines) is 1. The van der Waals surface area contributed by atoms with E-state index in [0.717, 1.165) is 11.6 Å². The van der Waals surface area contributed by atoms with E-state index in [1.807, 2.05) is 23.1 Å². The van der Waals surface area contributed by atoms with Crippen molar-refractivity contribution in [1.29, 1.82) is 5.26 Å². The molecule has 180 valence electrons. The number of hydrogen-bond donors (Lipinski definition) is 1. The fourth-order valence-electron chi connectivity index (χ4n) is 5.10. The van der Waals surface area contributed by atoms with Gasteiger partial charge >= 0.3 is 6.18 Å². The number of fused-ring (bicyclic) bond motifs is 1. The summed E-state index contributed by atoms with van der Waals surface area (Å²) in [7, 11) is 1.56. The first-order valence-electron chi connectivity index (χ1n) is 11.1. The molecule has 1 amide bonds. The molecule has 0 aromatic heterocycles. The summed E-state index contributed by atoms with van der Waals surface area (Å²) in [4.78, 5) is 16.6. The minimum absolute atomic E-state index is 0.0558. The molecule has 0 radical (unpaired) electrons. The lowest BCUT2D eigenvalue weighted by atomic mass is 9.73. The third-order valence-corrected chi connectivity index (χ3v) is 7.08. The minimum Gasteiger partial charge on any atom is -0.497 e. The molecule has 9 heteroatoms. The number of benzene rings is 2. The second-order valence-corrected chi connectivity index (χ2v) is 9.06. The Hall–Kier alpha value is -3.25. The van der Waals surface area contributed by atoms with Gasteiger partial charge in [-0.3, -0.25) is 4.79 Å². The number of piperidine rings is 1. The molecule has 2 aliphatic rings. The van der Waals surface area contributed by atoms with Gasteiger partial charge in [0.2, 0.25) is 5.91 Å². The average molecular weight is 473 g/mol. The number of carbonyl (C=O) groups excluding carboxylic acids is 1. The van der Waals surface area contributed by atoms with Crippen molar-refractivity contribution in [3.05, 3.63) is 59.2 Å². The minimum atomic E-state index is -4.62. The summed E-state index contributed by atoms with van der Waals surface area (Å²) >= 11 is 0. The normalized spacial score (nSPS) is 22.3.